The third kappa shape index (κ3) is 6.83. The third-order valence-electron chi connectivity index (χ3n) is 8.09. The molecule has 1 aliphatic carbocycles. The number of halogens is 2. The number of aliphatic hydroxyl groups is 1. The molecule has 0 radical (unpaired) electrons. The van der Waals surface area contributed by atoms with Gasteiger partial charge in [-0.1, -0.05) is 84.0 Å². The predicted molar refractivity (Wildman–Crippen MR) is 173 cm³/mol. The van der Waals surface area contributed by atoms with E-state index in [1.165, 1.54) is 0 Å². The van der Waals surface area contributed by atoms with Crippen molar-refractivity contribution in [2.75, 3.05) is 39.4 Å². The Bertz CT molecular complexity index is 1340. The fourth-order valence-electron chi connectivity index (χ4n) is 5.93. The van der Waals surface area contributed by atoms with E-state index in [4.69, 9.17) is 9.72 Å². The molecule has 2 aromatic carbocycles. The average Bonchev–Trinajstić information content (AvgIpc) is 3.45. The first-order chi connectivity index (χ1) is 19.9. The molecule has 3 N–H and O–H groups in total. The fourth-order valence-corrected chi connectivity index (χ4v) is 6.85. The zero-order valence-corrected chi connectivity index (χ0v) is 26.8. The standard InChI is InChI=1S/C31H38IN5O4.ClH/c1-2-41-21-30(40)16-10-9-15-25(30)36-22-35-26(27(36)23-11-5-3-6-12-23)29(39)37-18-17-33-19-31(37,32)20-34-28(38)24-13-7-4-8-14-24;/h3-8,11-14,22,25,33,40H,2,9-10,15-21H2,1H3,(H,34,38);1H/t25?,30?,31-;/m1./s1. The van der Waals surface area contributed by atoms with Crippen molar-refractivity contribution in [1.29, 1.82) is 0 Å². The number of carbonyl (C=O) groups is 2. The molecular formula is C31H39ClIN5O4. The Labute approximate surface area is 267 Å². The van der Waals surface area contributed by atoms with Gasteiger partial charge in [-0.25, -0.2) is 4.98 Å². The third-order valence-corrected chi connectivity index (χ3v) is 9.43. The summed E-state index contributed by atoms with van der Waals surface area (Å²) in [6.07, 6.45) is 5.00. The average molecular weight is 708 g/mol. The summed E-state index contributed by atoms with van der Waals surface area (Å²) in [5, 5.41) is 18.2. The highest BCUT2D eigenvalue weighted by Crippen LogP contribution is 2.41. The van der Waals surface area contributed by atoms with E-state index >= 15 is 0 Å². The van der Waals surface area contributed by atoms with Gasteiger partial charge in [-0.3, -0.25) is 9.59 Å². The number of rotatable bonds is 9. The molecule has 3 atom stereocenters. The van der Waals surface area contributed by atoms with Crippen LogP contribution in [-0.2, 0) is 4.74 Å². The molecule has 1 aromatic heterocycles. The van der Waals surface area contributed by atoms with E-state index in [1.54, 1.807) is 18.5 Å². The Kier molecular flexibility index (Phi) is 11.0. The Morgan fingerprint density at radius 2 is 1.86 bits per heavy atom. The number of alkyl halides is 1. The van der Waals surface area contributed by atoms with E-state index in [0.717, 1.165) is 24.8 Å². The lowest BCUT2D eigenvalue weighted by atomic mass is 9.80. The molecule has 9 nitrogen and oxygen atoms in total. The minimum atomic E-state index is -1.05. The van der Waals surface area contributed by atoms with Crippen LogP contribution in [0.2, 0.25) is 0 Å². The quantitative estimate of drug-likeness (QED) is 0.172. The number of piperazine rings is 1. The number of imidazole rings is 1. The van der Waals surface area contributed by atoms with Gasteiger partial charge in [0.15, 0.2) is 5.69 Å². The second kappa shape index (κ2) is 14.3. The summed E-state index contributed by atoms with van der Waals surface area (Å²) in [4.78, 5) is 33.7. The van der Waals surface area contributed by atoms with Crippen LogP contribution >= 0.6 is 35.0 Å². The molecule has 1 saturated carbocycles. The minimum Gasteiger partial charge on any atom is -0.385 e. The summed E-state index contributed by atoms with van der Waals surface area (Å²) in [5.41, 5.74) is 1.43. The molecule has 11 heteroatoms. The van der Waals surface area contributed by atoms with Gasteiger partial charge in [0.2, 0.25) is 0 Å². The summed E-state index contributed by atoms with van der Waals surface area (Å²) in [6.45, 7) is 4.60. The van der Waals surface area contributed by atoms with Crippen LogP contribution in [-0.4, -0.2) is 79.9 Å². The van der Waals surface area contributed by atoms with Crippen LogP contribution in [0.3, 0.4) is 0 Å². The molecule has 1 aliphatic heterocycles. The molecule has 1 saturated heterocycles. The first-order valence-electron chi connectivity index (χ1n) is 14.3. The van der Waals surface area contributed by atoms with Crippen LogP contribution in [0.4, 0.5) is 0 Å². The molecule has 0 bridgehead atoms. The maximum Gasteiger partial charge on any atom is 0.275 e. The minimum absolute atomic E-state index is 0. The summed E-state index contributed by atoms with van der Waals surface area (Å²) >= 11 is 2.28. The monoisotopic (exact) mass is 707 g/mol. The number of ether oxygens (including phenoxy) is 1. The Morgan fingerprint density at radius 1 is 1.14 bits per heavy atom. The summed E-state index contributed by atoms with van der Waals surface area (Å²) in [6, 6.07) is 18.6. The number of hydrogen-bond donors (Lipinski definition) is 3. The first kappa shape index (κ1) is 32.4. The van der Waals surface area contributed by atoms with Crippen molar-refractivity contribution in [2.24, 2.45) is 0 Å². The van der Waals surface area contributed by atoms with E-state index in [2.05, 4.69) is 33.2 Å². The van der Waals surface area contributed by atoms with Gasteiger partial charge >= 0.3 is 0 Å². The second-order valence-electron chi connectivity index (χ2n) is 10.8. The van der Waals surface area contributed by atoms with Gasteiger partial charge in [0.05, 0.1) is 31.2 Å². The van der Waals surface area contributed by atoms with Gasteiger partial charge in [-0.15, -0.1) is 12.4 Å². The molecule has 2 heterocycles. The number of benzene rings is 2. The zero-order valence-electron chi connectivity index (χ0n) is 23.8. The van der Waals surface area contributed by atoms with Gasteiger partial charge in [0.1, 0.15) is 9.15 Å². The maximum atomic E-state index is 14.4. The molecule has 3 aromatic rings. The predicted octanol–water partition coefficient (Wildman–Crippen LogP) is 4.46. The number of hydrogen-bond acceptors (Lipinski definition) is 6. The van der Waals surface area contributed by atoms with Crippen LogP contribution in [0.15, 0.2) is 67.0 Å². The SMILES string of the molecule is CCOCC1(O)CCCCC1n1cnc(C(=O)N2CCNC[C@]2(I)CNC(=O)c2ccccc2)c1-c1ccccc1.Cl. The van der Waals surface area contributed by atoms with Crippen LogP contribution < -0.4 is 10.6 Å². The van der Waals surface area contributed by atoms with Crippen molar-refractivity contribution >= 4 is 46.8 Å². The highest BCUT2D eigenvalue weighted by molar-refractivity contribution is 14.1. The number of nitrogens with one attached hydrogen (secondary N) is 2. The lowest BCUT2D eigenvalue weighted by molar-refractivity contribution is -0.0972. The van der Waals surface area contributed by atoms with Crippen molar-refractivity contribution in [3.8, 4) is 11.3 Å². The Balaban J connectivity index is 0.00000405. The van der Waals surface area contributed by atoms with E-state index < -0.39 is 9.15 Å². The smallest absolute Gasteiger partial charge is 0.275 e. The van der Waals surface area contributed by atoms with Gasteiger partial charge in [0.25, 0.3) is 11.8 Å². The van der Waals surface area contributed by atoms with Gasteiger partial charge in [-0.05, 0) is 31.9 Å². The molecule has 0 spiro atoms. The van der Waals surface area contributed by atoms with E-state index in [0.29, 0.717) is 49.6 Å². The molecule has 42 heavy (non-hydrogen) atoms. The summed E-state index contributed by atoms with van der Waals surface area (Å²) in [7, 11) is 0. The normalized spacial score (nSPS) is 24.1. The van der Waals surface area contributed by atoms with E-state index in [9.17, 15) is 14.7 Å². The second-order valence-corrected chi connectivity index (χ2v) is 12.8. The van der Waals surface area contributed by atoms with Crippen molar-refractivity contribution in [3.63, 3.8) is 0 Å². The summed E-state index contributed by atoms with van der Waals surface area (Å²) < 4.78 is 7.02. The number of nitrogens with zero attached hydrogens (tertiary/aromatic N) is 3. The Morgan fingerprint density at radius 3 is 2.57 bits per heavy atom. The van der Waals surface area contributed by atoms with Crippen molar-refractivity contribution in [3.05, 3.63) is 78.2 Å². The van der Waals surface area contributed by atoms with Crippen molar-refractivity contribution in [1.82, 2.24) is 25.1 Å². The highest BCUT2D eigenvalue weighted by atomic mass is 127. The Hall–Kier alpha value is -2.51. The topological polar surface area (TPSA) is 109 Å². The number of amides is 2. The van der Waals surface area contributed by atoms with Gasteiger partial charge < -0.3 is 29.9 Å². The maximum absolute atomic E-state index is 14.4. The molecule has 2 fully saturated rings. The van der Waals surface area contributed by atoms with Crippen molar-refractivity contribution in [2.45, 2.75) is 47.8 Å². The number of carbonyl (C=O) groups excluding carboxylic acids is 2. The highest BCUT2D eigenvalue weighted by Gasteiger charge is 2.44. The first-order valence-corrected chi connectivity index (χ1v) is 15.4. The van der Waals surface area contributed by atoms with Crippen LogP contribution in [0.25, 0.3) is 11.3 Å². The van der Waals surface area contributed by atoms with Crippen LogP contribution in [0.5, 0.6) is 0 Å². The molecule has 2 aliphatic rings. The molecule has 226 valence electrons. The largest absolute Gasteiger partial charge is 0.385 e. The van der Waals surface area contributed by atoms with Crippen LogP contribution in [0.1, 0.15) is 59.5 Å². The van der Waals surface area contributed by atoms with Crippen LogP contribution in [0, 0.1) is 0 Å². The molecule has 2 amide bonds. The lowest BCUT2D eigenvalue weighted by Gasteiger charge is -2.43. The van der Waals surface area contributed by atoms with Gasteiger partial charge in [0, 0.05) is 37.4 Å². The molecule has 5 rings (SSSR count). The van der Waals surface area contributed by atoms with E-state index in [-0.39, 0.29) is 43.4 Å². The zero-order chi connectivity index (χ0) is 28.9. The lowest BCUT2D eigenvalue weighted by Crippen LogP contribution is -2.63. The fraction of sp³-hybridized carbons (Fsp3) is 0.452. The van der Waals surface area contributed by atoms with Gasteiger partial charge in [-0.2, -0.15) is 0 Å². The molecular weight excluding hydrogens is 669 g/mol. The number of aromatic nitrogens is 2. The summed E-state index contributed by atoms with van der Waals surface area (Å²) in [5.74, 6) is -0.378. The van der Waals surface area contributed by atoms with Crippen molar-refractivity contribution < 1.29 is 19.4 Å². The van der Waals surface area contributed by atoms with E-state index in [1.807, 2.05) is 64.9 Å². The molecule has 2 unspecified atom stereocenters.